The standard InChI is InChI=1S/C60H64N4O14S/c1-4-79(72,73)63-48-33-46(58(69)61-40(2)45-25-15-8-16-26-45)32-47(34-48)59(70)62-50(31-41-18-9-5-10-19-41)51(65)36-64(35-44-24-17-27-49(30-44)74-3)53(67)28-29-54(68)75-39-52(66)55-56(76-37-42-20-11-6-12-21-42)57(60(71)78-55)77-38-43-22-13-7-14-23-43/h5-27,30,32-34,40,50-52,55,63,65-66H,4,28-29,31,35-39H2,1-3H3,(H,61,69)(H,62,70)/t40-,50+,51-,52?,55?/m1/s1. The number of aliphatic hydroxyl groups is 2. The van der Waals surface area contributed by atoms with Crippen LogP contribution in [0.1, 0.15) is 81.3 Å². The number of esters is 2. The first-order chi connectivity index (χ1) is 38.1. The van der Waals surface area contributed by atoms with Gasteiger partial charge in [-0.05, 0) is 78.4 Å². The van der Waals surface area contributed by atoms with Crippen molar-refractivity contribution >= 4 is 45.4 Å². The van der Waals surface area contributed by atoms with Crippen LogP contribution < -0.4 is 20.1 Å². The third-order valence-corrected chi connectivity index (χ3v) is 14.1. The summed E-state index contributed by atoms with van der Waals surface area (Å²) >= 11 is 0. The smallest absolute Gasteiger partial charge is 0.378 e. The molecule has 414 valence electrons. The molecule has 19 heteroatoms. The Morgan fingerprint density at radius 3 is 1.87 bits per heavy atom. The molecular weight excluding hydrogens is 1030 g/mol. The molecule has 79 heavy (non-hydrogen) atoms. The number of ether oxygens (including phenoxy) is 5. The van der Waals surface area contributed by atoms with E-state index in [0.717, 1.165) is 22.3 Å². The SMILES string of the molecule is CCS(=O)(=O)Nc1cc(C(=O)N[C@@H](Cc2ccccc2)[C@H](O)CN(Cc2cccc(OC)c2)C(=O)CCC(=O)OCC(O)C2OC(=O)C(OCc3ccccc3)=C2OCc2ccccc2)cc(C(=O)N[C@H](C)c2ccccc2)c1. The Kier molecular flexibility index (Phi) is 20.8. The van der Waals surface area contributed by atoms with Gasteiger partial charge in [0, 0.05) is 30.6 Å². The maximum atomic E-state index is 14.4. The summed E-state index contributed by atoms with van der Waals surface area (Å²) in [5.74, 6) is -3.76. The van der Waals surface area contributed by atoms with Gasteiger partial charge in [-0.2, -0.15) is 0 Å². The molecule has 6 aromatic rings. The molecule has 0 radical (unpaired) electrons. The van der Waals surface area contributed by atoms with Crippen molar-refractivity contribution in [3.05, 3.63) is 214 Å². The number of rotatable bonds is 28. The normalized spacial score (nSPS) is 14.6. The summed E-state index contributed by atoms with van der Waals surface area (Å²) in [7, 11) is -2.37. The van der Waals surface area contributed by atoms with Gasteiger partial charge in [0.25, 0.3) is 11.8 Å². The Hall–Kier alpha value is -8.52. The van der Waals surface area contributed by atoms with Crippen LogP contribution in [0.5, 0.6) is 5.75 Å². The molecule has 2 unspecified atom stereocenters. The van der Waals surface area contributed by atoms with Crippen LogP contribution in [0.25, 0.3) is 0 Å². The minimum Gasteiger partial charge on any atom is -0.497 e. The van der Waals surface area contributed by atoms with Gasteiger partial charge >= 0.3 is 11.9 Å². The molecule has 0 aromatic heterocycles. The molecule has 18 nitrogen and oxygen atoms in total. The largest absolute Gasteiger partial charge is 0.497 e. The molecule has 0 fully saturated rings. The molecule has 5 N–H and O–H groups in total. The first-order valence-corrected chi connectivity index (χ1v) is 27.3. The summed E-state index contributed by atoms with van der Waals surface area (Å²) in [6.07, 6.45) is -5.25. The number of nitrogens with one attached hydrogen (secondary N) is 3. The monoisotopic (exact) mass is 1100 g/mol. The number of methoxy groups -OCH3 is 1. The highest BCUT2D eigenvalue weighted by molar-refractivity contribution is 7.92. The molecule has 0 saturated carbocycles. The number of aliphatic hydroxyl groups excluding tert-OH is 2. The van der Waals surface area contributed by atoms with E-state index in [-0.39, 0.29) is 66.8 Å². The fourth-order valence-electron chi connectivity index (χ4n) is 8.46. The van der Waals surface area contributed by atoms with Gasteiger partial charge in [0.15, 0.2) is 11.9 Å². The predicted octanol–water partition coefficient (Wildman–Crippen LogP) is 6.93. The molecule has 7 rings (SSSR count). The maximum absolute atomic E-state index is 14.4. The predicted molar refractivity (Wildman–Crippen MR) is 293 cm³/mol. The molecule has 1 heterocycles. The lowest BCUT2D eigenvalue weighted by Gasteiger charge is -2.31. The minimum absolute atomic E-state index is 0.00261. The molecule has 0 spiro atoms. The van der Waals surface area contributed by atoms with Crippen LogP contribution in [0.4, 0.5) is 5.69 Å². The highest BCUT2D eigenvalue weighted by Gasteiger charge is 2.43. The Labute approximate surface area is 459 Å². The van der Waals surface area contributed by atoms with Gasteiger partial charge < -0.3 is 49.4 Å². The second-order valence-corrected chi connectivity index (χ2v) is 20.7. The lowest BCUT2D eigenvalue weighted by atomic mass is 9.99. The van der Waals surface area contributed by atoms with E-state index in [2.05, 4.69) is 15.4 Å². The van der Waals surface area contributed by atoms with Crippen molar-refractivity contribution in [1.82, 2.24) is 15.5 Å². The van der Waals surface area contributed by atoms with Crippen molar-refractivity contribution in [2.75, 3.05) is 30.7 Å². The first kappa shape index (κ1) is 58.2. The highest BCUT2D eigenvalue weighted by atomic mass is 32.2. The number of carbonyl (C=O) groups excluding carboxylic acids is 5. The quantitative estimate of drug-likeness (QED) is 0.0313. The number of sulfonamides is 1. The van der Waals surface area contributed by atoms with Crippen molar-refractivity contribution in [3.8, 4) is 5.75 Å². The van der Waals surface area contributed by atoms with E-state index in [4.69, 9.17) is 23.7 Å². The third-order valence-electron chi connectivity index (χ3n) is 12.8. The number of anilines is 1. The second-order valence-electron chi connectivity index (χ2n) is 18.7. The Morgan fingerprint density at radius 2 is 1.27 bits per heavy atom. The molecule has 5 atom stereocenters. The summed E-state index contributed by atoms with van der Waals surface area (Å²) in [6, 6.07) is 45.7. The number of hydrogen-bond donors (Lipinski definition) is 5. The van der Waals surface area contributed by atoms with Crippen LogP contribution in [0.3, 0.4) is 0 Å². The van der Waals surface area contributed by atoms with E-state index in [1.807, 2.05) is 91.0 Å². The summed E-state index contributed by atoms with van der Waals surface area (Å²) < 4.78 is 56.2. The number of hydrogen-bond acceptors (Lipinski definition) is 14. The van der Waals surface area contributed by atoms with Crippen LogP contribution in [0.15, 0.2) is 175 Å². The Morgan fingerprint density at radius 1 is 0.696 bits per heavy atom. The van der Waals surface area contributed by atoms with Gasteiger partial charge in [-0.15, -0.1) is 0 Å². The molecule has 3 amide bonds. The molecule has 1 aliphatic heterocycles. The molecule has 0 bridgehead atoms. The van der Waals surface area contributed by atoms with Crippen molar-refractivity contribution in [2.45, 2.75) is 83.3 Å². The van der Waals surface area contributed by atoms with Crippen LogP contribution in [-0.2, 0) is 69.5 Å². The minimum atomic E-state index is -3.86. The lowest BCUT2D eigenvalue weighted by molar-refractivity contribution is -0.156. The highest BCUT2D eigenvalue weighted by Crippen LogP contribution is 2.30. The van der Waals surface area contributed by atoms with Crippen molar-refractivity contribution < 1.29 is 66.3 Å². The summed E-state index contributed by atoms with van der Waals surface area (Å²) in [5, 5.41) is 29.3. The summed E-state index contributed by atoms with van der Waals surface area (Å²) in [4.78, 5) is 70.2. The van der Waals surface area contributed by atoms with Gasteiger partial charge in [-0.25, -0.2) is 13.2 Å². The van der Waals surface area contributed by atoms with E-state index in [9.17, 15) is 42.6 Å². The zero-order valence-electron chi connectivity index (χ0n) is 44.0. The van der Waals surface area contributed by atoms with Crippen molar-refractivity contribution in [1.29, 1.82) is 0 Å². The fraction of sp³-hybridized carbons (Fsp3) is 0.283. The van der Waals surface area contributed by atoms with Crippen LogP contribution in [0.2, 0.25) is 0 Å². The average molecular weight is 1100 g/mol. The summed E-state index contributed by atoms with van der Waals surface area (Å²) in [6.45, 7) is 2.17. The third kappa shape index (κ3) is 17.2. The van der Waals surface area contributed by atoms with Crippen LogP contribution in [0, 0.1) is 0 Å². The van der Waals surface area contributed by atoms with Gasteiger partial charge in [0.1, 0.15) is 31.7 Å². The second kappa shape index (κ2) is 28.2. The van der Waals surface area contributed by atoms with E-state index >= 15 is 0 Å². The van der Waals surface area contributed by atoms with E-state index < -0.39 is 89.5 Å². The maximum Gasteiger partial charge on any atom is 0.378 e. The van der Waals surface area contributed by atoms with Crippen LogP contribution in [-0.4, -0.2) is 104 Å². The number of amides is 3. The van der Waals surface area contributed by atoms with Gasteiger partial charge in [-0.1, -0.05) is 133 Å². The van der Waals surface area contributed by atoms with Gasteiger partial charge in [0.2, 0.25) is 21.7 Å². The van der Waals surface area contributed by atoms with Gasteiger partial charge in [-0.3, -0.25) is 23.9 Å². The zero-order valence-corrected chi connectivity index (χ0v) is 44.8. The fourth-order valence-corrected chi connectivity index (χ4v) is 9.08. The first-order valence-electron chi connectivity index (χ1n) is 25.6. The topological polar surface area (TPSA) is 245 Å². The molecule has 6 aromatic carbocycles. The van der Waals surface area contributed by atoms with E-state index in [0.29, 0.717) is 11.3 Å². The van der Waals surface area contributed by atoms with Crippen molar-refractivity contribution in [2.24, 2.45) is 0 Å². The molecule has 0 saturated heterocycles. The number of nitrogens with zero attached hydrogens (tertiary/aromatic N) is 1. The Balaban J connectivity index is 1.06. The van der Waals surface area contributed by atoms with Gasteiger partial charge in [0.05, 0.1) is 43.2 Å². The average Bonchev–Trinajstić information content (AvgIpc) is 3.85. The van der Waals surface area contributed by atoms with E-state index in [1.54, 1.807) is 61.5 Å². The molecule has 1 aliphatic rings. The summed E-state index contributed by atoms with van der Waals surface area (Å²) in [5.41, 5.74) is 3.53. The molecular formula is C60H64N4O14S. The number of benzene rings is 6. The van der Waals surface area contributed by atoms with Crippen LogP contribution >= 0.6 is 0 Å². The number of cyclic esters (lactones) is 1. The zero-order chi connectivity index (χ0) is 56.3. The van der Waals surface area contributed by atoms with Crippen molar-refractivity contribution in [3.63, 3.8) is 0 Å². The molecule has 0 aliphatic carbocycles. The Bertz CT molecular complexity index is 3170. The number of carbonyl (C=O) groups is 5. The van der Waals surface area contributed by atoms with E-state index in [1.165, 1.54) is 37.1 Å². The lowest BCUT2D eigenvalue weighted by Crippen LogP contribution is -2.50.